The fourth-order valence-electron chi connectivity index (χ4n) is 3.10. The molecule has 0 spiro atoms. The molecule has 1 fully saturated rings. The molecule has 1 N–H and O–H groups in total. The minimum Gasteiger partial charge on any atom is -0.374 e. The van der Waals surface area contributed by atoms with Crippen LogP contribution in [0.4, 0.5) is 17.2 Å². The molecular weight excluding hydrogens is 278 g/mol. The number of nitrogens with zero attached hydrogens (tertiary/aromatic N) is 2. The van der Waals surface area contributed by atoms with Crippen molar-refractivity contribution in [3.63, 3.8) is 0 Å². The normalized spacial score (nSPS) is 19.8. The van der Waals surface area contributed by atoms with Gasteiger partial charge in [-0.05, 0) is 36.6 Å². The quantitative estimate of drug-likeness (QED) is 0.865. The van der Waals surface area contributed by atoms with E-state index in [1.807, 2.05) is 18.2 Å². The maximum Gasteiger partial charge on any atom is 0.214 e. The Balaban J connectivity index is 1.77. The van der Waals surface area contributed by atoms with Gasteiger partial charge in [-0.3, -0.25) is 4.79 Å². The summed E-state index contributed by atoms with van der Waals surface area (Å²) in [6.07, 6.45) is 4.90. The first-order chi connectivity index (χ1) is 10.8. The Morgan fingerprint density at radius 2 is 2.32 bits per heavy atom. The molecule has 5 heteroatoms. The topological polar surface area (TPSA) is 54.5 Å². The third-order valence-electron chi connectivity index (χ3n) is 4.24. The first kappa shape index (κ1) is 13.3. The van der Waals surface area contributed by atoms with Crippen molar-refractivity contribution in [2.45, 2.75) is 25.5 Å². The molecule has 1 unspecified atom stereocenters. The number of carbonyl (C=O) groups is 1. The second-order valence-electron chi connectivity index (χ2n) is 5.65. The van der Waals surface area contributed by atoms with E-state index in [9.17, 15) is 4.79 Å². The minimum absolute atomic E-state index is 0.141. The zero-order valence-corrected chi connectivity index (χ0v) is 12.2. The summed E-state index contributed by atoms with van der Waals surface area (Å²) in [5.74, 6) is 0.804. The first-order valence-electron chi connectivity index (χ1n) is 7.53. The van der Waals surface area contributed by atoms with E-state index in [1.54, 1.807) is 11.1 Å². The zero-order valence-electron chi connectivity index (χ0n) is 12.2. The van der Waals surface area contributed by atoms with Crippen molar-refractivity contribution in [1.29, 1.82) is 0 Å². The number of ether oxygens (including phenoxy) is 1. The number of fused-ring (bicyclic) bond motifs is 2. The number of rotatable bonds is 2. The van der Waals surface area contributed by atoms with Crippen LogP contribution in [0.25, 0.3) is 0 Å². The number of anilines is 3. The van der Waals surface area contributed by atoms with E-state index >= 15 is 0 Å². The van der Waals surface area contributed by atoms with Crippen LogP contribution in [0.15, 0.2) is 36.5 Å². The zero-order chi connectivity index (χ0) is 14.9. The number of aromatic nitrogens is 1. The summed E-state index contributed by atoms with van der Waals surface area (Å²) in [7, 11) is 0. The Hall–Kier alpha value is -2.40. The summed E-state index contributed by atoms with van der Waals surface area (Å²) < 4.78 is 5.75. The Morgan fingerprint density at radius 3 is 3.14 bits per heavy atom. The second kappa shape index (κ2) is 5.42. The van der Waals surface area contributed by atoms with E-state index in [1.165, 1.54) is 0 Å². The van der Waals surface area contributed by atoms with Crippen LogP contribution in [0.5, 0.6) is 0 Å². The molecule has 0 bridgehead atoms. The third kappa shape index (κ3) is 2.23. The lowest BCUT2D eigenvalue weighted by molar-refractivity contribution is -0.107. The number of hydrogen-bond donors (Lipinski definition) is 1. The highest BCUT2D eigenvalue weighted by molar-refractivity contribution is 5.87. The molecule has 1 amide bonds. The van der Waals surface area contributed by atoms with Crippen LogP contribution in [0.3, 0.4) is 0 Å². The van der Waals surface area contributed by atoms with Gasteiger partial charge in [0.25, 0.3) is 0 Å². The van der Waals surface area contributed by atoms with Gasteiger partial charge in [0.15, 0.2) is 0 Å². The fourth-order valence-corrected chi connectivity index (χ4v) is 3.10. The van der Waals surface area contributed by atoms with Gasteiger partial charge in [-0.25, -0.2) is 4.98 Å². The van der Waals surface area contributed by atoms with Crippen molar-refractivity contribution in [2.75, 3.05) is 16.8 Å². The molecule has 4 rings (SSSR count). The van der Waals surface area contributed by atoms with Crippen molar-refractivity contribution in [1.82, 2.24) is 4.98 Å². The molecule has 2 aliphatic heterocycles. The Kier molecular flexibility index (Phi) is 3.27. The third-order valence-corrected chi connectivity index (χ3v) is 4.24. The Morgan fingerprint density at radius 1 is 1.36 bits per heavy atom. The highest BCUT2D eigenvalue weighted by Crippen LogP contribution is 2.38. The second-order valence-corrected chi connectivity index (χ2v) is 5.65. The number of amides is 1. The maximum absolute atomic E-state index is 11.6. The maximum atomic E-state index is 11.6. The summed E-state index contributed by atoms with van der Waals surface area (Å²) in [4.78, 5) is 17.6. The number of nitrogens with one attached hydrogen (secondary N) is 1. The van der Waals surface area contributed by atoms with Gasteiger partial charge in [0.2, 0.25) is 6.41 Å². The van der Waals surface area contributed by atoms with Gasteiger partial charge in [0.05, 0.1) is 24.0 Å². The molecule has 1 atom stereocenters. The van der Waals surface area contributed by atoms with Crippen LogP contribution in [-0.2, 0) is 16.1 Å². The number of pyridine rings is 1. The lowest BCUT2D eigenvalue weighted by Gasteiger charge is -2.20. The molecule has 22 heavy (non-hydrogen) atoms. The van der Waals surface area contributed by atoms with Gasteiger partial charge in [0.1, 0.15) is 5.82 Å². The van der Waals surface area contributed by atoms with Gasteiger partial charge in [-0.2, -0.15) is 0 Å². The van der Waals surface area contributed by atoms with Crippen molar-refractivity contribution in [2.24, 2.45) is 0 Å². The molecule has 5 nitrogen and oxygen atoms in total. The largest absolute Gasteiger partial charge is 0.374 e. The van der Waals surface area contributed by atoms with E-state index in [4.69, 9.17) is 4.74 Å². The predicted molar refractivity (Wildman–Crippen MR) is 84.1 cm³/mol. The highest BCUT2D eigenvalue weighted by atomic mass is 16.5. The lowest BCUT2D eigenvalue weighted by Crippen LogP contribution is -2.20. The SMILES string of the molecule is O=CN1Cc2cccnc2Nc2ccc(C3CCCO3)cc21. The van der Waals surface area contributed by atoms with Crippen LogP contribution >= 0.6 is 0 Å². The predicted octanol–water partition coefficient (Wildman–Crippen LogP) is 3.15. The smallest absolute Gasteiger partial charge is 0.214 e. The summed E-state index contributed by atoms with van der Waals surface area (Å²) in [5.41, 5.74) is 3.90. The van der Waals surface area contributed by atoms with Gasteiger partial charge >= 0.3 is 0 Å². The van der Waals surface area contributed by atoms with Crippen molar-refractivity contribution >= 4 is 23.6 Å². The highest BCUT2D eigenvalue weighted by Gasteiger charge is 2.23. The molecule has 1 aromatic heterocycles. The Bertz CT molecular complexity index is 711. The van der Waals surface area contributed by atoms with Crippen LogP contribution in [0.1, 0.15) is 30.1 Å². The van der Waals surface area contributed by atoms with Crippen LogP contribution in [0.2, 0.25) is 0 Å². The summed E-state index contributed by atoms with van der Waals surface area (Å²) in [6.45, 7) is 1.33. The van der Waals surface area contributed by atoms with E-state index in [2.05, 4.69) is 22.4 Å². The fraction of sp³-hybridized carbons (Fsp3) is 0.294. The standard InChI is InChI=1S/C17H17N3O2/c21-11-20-10-13-3-1-7-18-17(13)19-14-6-5-12(9-15(14)20)16-4-2-8-22-16/h1,3,5-7,9,11,16H,2,4,8,10H2,(H,18,19). The van der Waals surface area contributed by atoms with Gasteiger partial charge < -0.3 is 15.0 Å². The molecule has 2 aliphatic rings. The average molecular weight is 295 g/mol. The molecule has 0 saturated carbocycles. The average Bonchev–Trinajstić information content (AvgIpc) is 3.03. The molecule has 0 radical (unpaired) electrons. The molecule has 1 saturated heterocycles. The molecule has 2 aromatic rings. The van der Waals surface area contributed by atoms with Crippen molar-refractivity contribution in [3.8, 4) is 0 Å². The molecule has 112 valence electrons. The monoisotopic (exact) mass is 295 g/mol. The molecular formula is C17H17N3O2. The lowest BCUT2D eigenvalue weighted by atomic mass is 10.0. The van der Waals surface area contributed by atoms with Gasteiger partial charge in [-0.1, -0.05) is 12.1 Å². The first-order valence-corrected chi connectivity index (χ1v) is 7.53. The molecule has 0 aliphatic carbocycles. The van der Waals surface area contributed by atoms with Crippen molar-refractivity contribution in [3.05, 3.63) is 47.7 Å². The van der Waals surface area contributed by atoms with E-state index < -0.39 is 0 Å². The minimum atomic E-state index is 0.141. The number of carbonyl (C=O) groups excluding carboxylic acids is 1. The van der Waals surface area contributed by atoms with Crippen LogP contribution < -0.4 is 10.2 Å². The summed E-state index contributed by atoms with van der Waals surface area (Å²) >= 11 is 0. The van der Waals surface area contributed by atoms with Crippen molar-refractivity contribution < 1.29 is 9.53 Å². The number of hydrogen-bond acceptors (Lipinski definition) is 4. The van der Waals surface area contributed by atoms with E-state index in [0.29, 0.717) is 6.54 Å². The van der Waals surface area contributed by atoms with E-state index in [-0.39, 0.29) is 6.10 Å². The van der Waals surface area contributed by atoms with E-state index in [0.717, 1.165) is 54.2 Å². The Labute approximate surface area is 128 Å². The van der Waals surface area contributed by atoms with Gasteiger partial charge in [0, 0.05) is 18.4 Å². The van der Waals surface area contributed by atoms with Crippen LogP contribution in [-0.4, -0.2) is 18.0 Å². The van der Waals surface area contributed by atoms with Crippen LogP contribution in [0, 0.1) is 0 Å². The number of benzene rings is 1. The van der Waals surface area contributed by atoms with Gasteiger partial charge in [-0.15, -0.1) is 0 Å². The molecule has 1 aromatic carbocycles. The molecule has 3 heterocycles. The summed E-state index contributed by atoms with van der Waals surface area (Å²) in [6, 6.07) is 10.00. The summed E-state index contributed by atoms with van der Waals surface area (Å²) in [5, 5.41) is 3.33.